The quantitative estimate of drug-likeness (QED) is 0.622. The third-order valence-electron chi connectivity index (χ3n) is 2.51. The van der Waals surface area contributed by atoms with Crippen LogP contribution in [0.4, 0.5) is 5.69 Å². The van der Waals surface area contributed by atoms with E-state index < -0.39 is 0 Å². The molecule has 0 atom stereocenters. The first-order valence-corrected chi connectivity index (χ1v) is 5.74. The molecule has 0 radical (unpaired) electrons. The lowest BCUT2D eigenvalue weighted by Gasteiger charge is -2.08. The third kappa shape index (κ3) is 2.68. The maximum absolute atomic E-state index is 12.0. The Hall–Kier alpha value is -2.30. The highest BCUT2D eigenvalue weighted by Crippen LogP contribution is 2.23. The van der Waals surface area contributed by atoms with Crippen LogP contribution in [0.1, 0.15) is 23.1 Å². The van der Waals surface area contributed by atoms with E-state index in [2.05, 4.69) is 9.97 Å². The summed E-state index contributed by atoms with van der Waals surface area (Å²) in [5.41, 5.74) is 6.85. The number of hydrogen-bond acceptors (Lipinski definition) is 4. The number of nitrogens with one attached hydrogen (secondary N) is 1. The molecule has 1 heterocycles. The Balaban J connectivity index is 2.13. The number of Topliss-reactive ketones (excluding diaryl/α,β-unsaturated/α-hetero) is 1. The number of hydrogen-bond donors (Lipinski definition) is 2. The highest BCUT2D eigenvalue weighted by Gasteiger charge is 2.10. The van der Waals surface area contributed by atoms with Gasteiger partial charge in [-0.1, -0.05) is 0 Å². The second kappa shape index (κ2) is 5.35. The molecule has 0 aliphatic heterocycles. The number of benzene rings is 1. The first-order chi connectivity index (χ1) is 8.70. The number of carbonyl (C=O) groups is 1. The molecule has 1 aromatic carbocycles. The zero-order valence-corrected chi connectivity index (χ0v) is 10.1. The lowest BCUT2D eigenvalue weighted by Crippen LogP contribution is -2.06. The van der Waals surface area contributed by atoms with E-state index in [9.17, 15) is 4.79 Å². The molecule has 0 saturated carbocycles. The summed E-state index contributed by atoms with van der Waals surface area (Å²) in [4.78, 5) is 18.9. The molecule has 2 aromatic rings. The van der Waals surface area contributed by atoms with Crippen molar-refractivity contribution in [1.29, 1.82) is 0 Å². The number of ether oxygens (including phenoxy) is 1. The van der Waals surface area contributed by atoms with Crippen molar-refractivity contribution in [1.82, 2.24) is 9.97 Å². The fourth-order valence-corrected chi connectivity index (χ4v) is 1.66. The summed E-state index contributed by atoms with van der Waals surface area (Å²) in [5.74, 6) is 1.22. The van der Waals surface area contributed by atoms with Gasteiger partial charge in [0.1, 0.15) is 11.6 Å². The van der Waals surface area contributed by atoms with E-state index >= 15 is 0 Å². The van der Waals surface area contributed by atoms with Gasteiger partial charge >= 0.3 is 0 Å². The van der Waals surface area contributed by atoms with Crippen LogP contribution in [0.2, 0.25) is 0 Å². The Morgan fingerprint density at radius 3 is 2.94 bits per heavy atom. The molecule has 1 aromatic heterocycles. The zero-order chi connectivity index (χ0) is 13.0. The van der Waals surface area contributed by atoms with Gasteiger partial charge in [-0.05, 0) is 25.1 Å². The molecule has 94 valence electrons. The summed E-state index contributed by atoms with van der Waals surface area (Å²) >= 11 is 0. The largest absolute Gasteiger partial charge is 0.492 e. The van der Waals surface area contributed by atoms with Gasteiger partial charge in [-0.2, -0.15) is 0 Å². The fourth-order valence-electron chi connectivity index (χ4n) is 1.66. The van der Waals surface area contributed by atoms with Gasteiger partial charge in [-0.25, -0.2) is 4.98 Å². The lowest BCUT2D eigenvalue weighted by molar-refractivity contribution is 0.0991. The molecular weight excluding hydrogens is 230 g/mol. The number of nitrogen functional groups attached to an aromatic ring is 1. The number of aromatic nitrogens is 2. The van der Waals surface area contributed by atoms with Crippen LogP contribution in [-0.2, 0) is 6.42 Å². The summed E-state index contributed by atoms with van der Waals surface area (Å²) in [6.45, 7) is 2.43. The maximum Gasteiger partial charge on any atom is 0.170 e. The minimum absolute atomic E-state index is 0.0281. The van der Waals surface area contributed by atoms with Crippen molar-refractivity contribution in [3.8, 4) is 5.75 Å². The molecule has 5 heteroatoms. The van der Waals surface area contributed by atoms with Gasteiger partial charge in [-0.15, -0.1) is 0 Å². The molecule has 3 N–H and O–H groups in total. The second-order valence-electron chi connectivity index (χ2n) is 3.82. The average Bonchev–Trinajstić information content (AvgIpc) is 2.84. The third-order valence-corrected chi connectivity index (χ3v) is 2.51. The molecule has 0 spiro atoms. The zero-order valence-electron chi connectivity index (χ0n) is 10.1. The predicted molar refractivity (Wildman–Crippen MR) is 68.6 cm³/mol. The predicted octanol–water partition coefficient (Wildman–Crippen LogP) is 1.82. The minimum Gasteiger partial charge on any atom is -0.492 e. The molecule has 2 rings (SSSR count). The van der Waals surface area contributed by atoms with Gasteiger partial charge < -0.3 is 15.5 Å². The van der Waals surface area contributed by atoms with E-state index in [0.29, 0.717) is 29.4 Å². The van der Waals surface area contributed by atoms with Gasteiger partial charge in [0.05, 0.1) is 18.7 Å². The molecule has 5 nitrogen and oxygen atoms in total. The number of carbonyl (C=O) groups excluding carboxylic acids is 1. The molecule has 18 heavy (non-hydrogen) atoms. The van der Waals surface area contributed by atoms with Gasteiger partial charge in [-0.3, -0.25) is 4.79 Å². The lowest BCUT2D eigenvalue weighted by atomic mass is 10.1. The number of H-pyrrole nitrogens is 1. The normalized spacial score (nSPS) is 10.3. The highest BCUT2D eigenvalue weighted by molar-refractivity contribution is 5.98. The van der Waals surface area contributed by atoms with E-state index in [1.165, 1.54) is 0 Å². The van der Waals surface area contributed by atoms with Crippen molar-refractivity contribution in [2.24, 2.45) is 0 Å². The monoisotopic (exact) mass is 245 g/mol. The molecule has 0 aliphatic carbocycles. The summed E-state index contributed by atoms with van der Waals surface area (Å²) in [6, 6.07) is 5.07. The van der Waals surface area contributed by atoms with E-state index in [1.807, 2.05) is 6.92 Å². The smallest absolute Gasteiger partial charge is 0.170 e. The van der Waals surface area contributed by atoms with Crippen LogP contribution in [0.3, 0.4) is 0 Å². The fraction of sp³-hybridized carbons (Fsp3) is 0.231. The van der Waals surface area contributed by atoms with Gasteiger partial charge in [0.25, 0.3) is 0 Å². The average molecular weight is 245 g/mol. The van der Waals surface area contributed by atoms with Crippen LogP contribution in [0.5, 0.6) is 5.75 Å². The number of nitrogens with zero attached hydrogens (tertiary/aromatic N) is 1. The molecule has 0 amide bonds. The van der Waals surface area contributed by atoms with Crippen LogP contribution < -0.4 is 10.5 Å². The van der Waals surface area contributed by atoms with Crippen LogP contribution in [0.15, 0.2) is 30.6 Å². The summed E-state index contributed by atoms with van der Waals surface area (Å²) in [7, 11) is 0. The van der Waals surface area contributed by atoms with E-state index in [1.54, 1.807) is 30.6 Å². The Morgan fingerprint density at radius 2 is 2.33 bits per heavy atom. The van der Waals surface area contributed by atoms with Crippen LogP contribution in [0, 0.1) is 0 Å². The molecule has 0 aliphatic rings. The molecular formula is C13H15N3O2. The topological polar surface area (TPSA) is 81.0 Å². The van der Waals surface area contributed by atoms with Crippen molar-refractivity contribution >= 4 is 11.5 Å². The Kier molecular flexibility index (Phi) is 3.62. The number of anilines is 1. The first kappa shape index (κ1) is 12.2. The molecule has 0 fully saturated rings. The second-order valence-corrected chi connectivity index (χ2v) is 3.82. The van der Waals surface area contributed by atoms with Crippen molar-refractivity contribution in [2.45, 2.75) is 13.3 Å². The number of imidazole rings is 1. The van der Waals surface area contributed by atoms with Crippen molar-refractivity contribution in [3.05, 3.63) is 42.0 Å². The van der Waals surface area contributed by atoms with Crippen molar-refractivity contribution in [2.75, 3.05) is 12.3 Å². The molecule has 0 saturated heterocycles. The Bertz CT molecular complexity index is 535. The number of rotatable bonds is 5. The maximum atomic E-state index is 12.0. The molecule has 0 unspecified atom stereocenters. The van der Waals surface area contributed by atoms with Crippen LogP contribution in [-0.4, -0.2) is 22.4 Å². The number of aromatic amines is 1. The minimum atomic E-state index is -0.0281. The summed E-state index contributed by atoms with van der Waals surface area (Å²) < 4.78 is 5.32. The Labute approximate surface area is 105 Å². The van der Waals surface area contributed by atoms with Crippen LogP contribution in [0.25, 0.3) is 0 Å². The van der Waals surface area contributed by atoms with Gasteiger partial charge in [0.2, 0.25) is 0 Å². The van der Waals surface area contributed by atoms with Crippen molar-refractivity contribution < 1.29 is 9.53 Å². The number of nitrogens with two attached hydrogens (primary N) is 1. The standard InChI is InChI=1S/C13H15N3O2/c1-2-18-12-4-3-9(7-10(12)14)11(17)8-13-15-5-6-16-13/h3-7H,2,8,14H2,1H3,(H,15,16). The Morgan fingerprint density at radius 1 is 1.50 bits per heavy atom. The van der Waals surface area contributed by atoms with E-state index in [-0.39, 0.29) is 12.2 Å². The first-order valence-electron chi connectivity index (χ1n) is 5.74. The van der Waals surface area contributed by atoms with E-state index in [4.69, 9.17) is 10.5 Å². The van der Waals surface area contributed by atoms with Crippen LogP contribution >= 0.6 is 0 Å². The van der Waals surface area contributed by atoms with Gasteiger partial charge in [0, 0.05) is 18.0 Å². The SMILES string of the molecule is CCOc1ccc(C(=O)Cc2ncc[nH]2)cc1N. The summed E-state index contributed by atoms with van der Waals surface area (Å²) in [5, 5.41) is 0. The van der Waals surface area contributed by atoms with Gasteiger partial charge in [0.15, 0.2) is 5.78 Å². The number of ketones is 1. The van der Waals surface area contributed by atoms with E-state index in [0.717, 1.165) is 0 Å². The van der Waals surface area contributed by atoms with Crippen molar-refractivity contribution in [3.63, 3.8) is 0 Å². The summed E-state index contributed by atoms with van der Waals surface area (Å²) in [6.07, 6.45) is 3.55. The highest BCUT2D eigenvalue weighted by atomic mass is 16.5. The molecule has 0 bridgehead atoms.